The van der Waals surface area contributed by atoms with E-state index in [0.29, 0.717) is 12.7 Å². The highest BCUT2D eigenvalue weighted by Gasteiger charge is 2.32. The zero-order valence-electron chi connectivity index (χ0n) is 10.6. The molecule has 1 aromatic rings. The second-order valence-corrected chi connectivity index (χ2v) is 4.53. The van der Waals surface area contributed by atoms with E-state index >= 15 is 0 Å². The number of carbonyl (C=O) groups is 1. The maximum atomic E-state index is 12.6. The second kappa shape index (κ2) is 5.70. The normalized spacial score (nSPS) is 19.1. The van der Waals surface area contributed by atoms with E-state index in [2.05, 4.69) is 0 Å². The molecule has 0 spiro atoms. The standard InChI is InChI=1S/C13H14F3NO3/c14-13(15,16)8-3-4-11(17)10(6-8)12(18)20-7-9-2-1-5-19-9/h3-4,6,9H,1-2,5,7,17H2. The summed E-state index contributed by atoms with van der Waals surface area (Å²) >= 11 is 0. The SMILES string of the molecule is Nc1ccc(C(F)(F)F)cc1C(=O)OCC1CCCO1. The molecule has 1 unspecified atom stereocenters. The number of rotatable bonds is 3. The molecule has 0 saturated carbocycles. The summed E-state index contributed by atoms with van der Waals surface area (Å²) in [7, 11) is 0. The van der Waals surface area contributed by atoms with E-state index in [9.17, 15) is 18.0 Å². The lowest BCUT2D eigenvalue weighted by Crippen LogP contribution is -2.19. The number of halogens is 3. The minimum atomic E-state index is -4.53. The monoisotopic (exact) mass is 289 g/mol. The summed E-state index contributed by atoms with van der Waals surface area (Å²) in [4.78, 5) is 11.8. The Hall–Kier alpha value is -1.76. The molecule has 2 rings (SSSR count). The number of anilines is 1. The predicted octanol–water partition coefficient (Wildman–Crippen LogP) is 2.62. The van der Waals surface area contributed by atoms with Gasteiger partial charge in [0, 0.05) is 12.3 Å². The van der Waals surface area contributed by atoms with Gasteiger partial charge in [0.15, 0.2) is 0 Å². The van der Waals surface area contributed by atoms with Crippen molar-refractivity contribution in [1.82, 2.24) is 0 Å². The predicted molar refractivity (Wildman–Crippen MR) is 65.1 cm³/mol. The van der Waals surface area contributed by atoms with Gasteiger partial charge in [0.2, 0.25) is 0 Å². The highest BCUT2D eigenvalue weighted by Crippen LogP contribution is 2.31. The number of carbonyl (C=O) groups excluding carboxylic acids is 1. The number of nitrogen functional groups attached to an aromatic ring is 1. The van der Waals surface area contributed by atoms with Gasteiger partial charge in [-0.1, -0.05) is 0 Å². The Kier molecular flexibility index (Phi) is 4.17. The van der Waals surface area contributed by atoms with Crippen molar-refractivity contribution >= 4 is 11.7 Å². The van der Waals surface area contributed by atoms with E-state index in [0.717, 1.165) is 25.0 Å². The molecule has 20 heavy (non-hydrogen) atoms. The van der Waals surface area contributed by atoms with Crippen molar-refractivity contribution in [1.29, 1.82) is 0 Å². The fourth-order valence-corrected chi connectivity index (χ4v) is 1.93. The Morgan fingerprint density at radius 2 is 2.20 bits per heavy atom. The molecule has 0 aliphatic carbocycles. The molecule has 1 saturated heterocycles. The third-order valence-electron chi connectivity index (χ3n) is 3.02. The van der Waals surface area contributed by atoms with Gasteiger partial charge in [-0.05, 0) is 31.0 Å². The summed E-state index contributed by atoms with van der Waals surface area (Å²) in [5, 5.41) is 0. The van der Waals surface area contributed by atoms with Crippen LogP contribution in [0.5, 0.6) is 0 Å². The molecule has 1 heterocycles. The van der Waals surface area contributed by atoms with Gasteiger partial charge in [-0.15, -0.1) is 0 Å². The Morgan fingerprint density at radius 3 is 2.80 bits per heavy atom. The minimum absolute atomic E-state index is 0.0223. The number of benzene rings is 1. The highest BCUT2D eigenvalue weighted by atomic mass is 19.4. The van der Waals surface area contributed by atoms with Crippen LogP contribution in [0.25, 0.3) is 0 Å². The van der Waals surface area contributed by atoms with Gasteiger partial charge < -0.3 is 15.2 Å². The van der Waals surface area contributed by atoms with Gasteiger partial charge in [-0.3, -0.25) is 0 Å². The van der Waals surface area contributed by atoms with Crippen molar-refractivity contribution in [2.45, 2.75) is 25.1 Å². The molecule has 1 fully saturated rings. The summed E-state index contributed by atoms with van der Waals surface area (Å²) in [6.07, 6.45) is -3.07. The average molecular weight is 289 g/mol. The molecule has 1 atom stereocenters. The molecular weight excluding hydrogens is 275 g/mol. The lowest BCUT2D eigenvalue weighted by molar-refractivity contribution is -0.137. The van der Waals surface area contributed by atoms with Crippen molar-refractivity contribution in [3.63, 3.8) is 0 Å². The van der Waals surface area contributed by atoms with Crippen LogP contribution in [-0.2, 0) is 15.7 Å². The first-order chi connectivity index (χ1) is 9.38. The van der Waals surface area contributed by atoms with Crippen LogP contribution in [0.3, 0.4) is 0 Å². The van der Waals surface area contributed by atoms with E-state index in [1.165, 1.54) is 0 Å². The van der Waals surface area contributed by atoms with Crippen molar-refractivity contribution in [3.8, 4) is 0 Å². The Bertz CT molecular complexity index is 496. The fourth-order valence-electron chi connectivity index (χ4n) is 1.93. The number of hydrogen-bond donors (Lipinski definition) is 1. The molecule has 0 bridgehead atoms. The molecular formula is C13H14F3NO3. The maximum Gasteiger partial charge on any atom is 0.416 e. The molecule has 1 aliphatic rings. The molecule has 110 valence electrons. The van der Waals surface area contributed by atoms with Gasteiger partial charge >= 0.3 is 12.1 Å². The number of ether oxygens (including phenoxy) is 2. The average Bonchev–Trinajstić information content (AvgIpc) is 2.88. The van der Waals surface area contributed by atoms with Crippen LogP contribution in [0.1, 0.15) is 28.8 Å². The summed E-state index contributed by atoms with van der Waals surface area (Å²) < 4.78 is 48.0. The zero-order chi connectivity index (χ0) is 14.8. The first-order valence-corrected chi connectivity index (χ1v) is 6.13. The van der Waals surface area contributed by atoms with Crippen LogP contribution < -0.4 is 5.73 Å². The maximum absolute atomic E-state index is 12.6. The van der Waals surface area contributed by atoms with Gasteiger partial charge in [-0.2, -0.15) is 13.2 Å². The highest BCUT2D eigenvalue weighted by molar-refractivity contribution is 5.95. The fraction of sp³-hybridized carbons (Fsp3) is 0.462. The van der Waals surface area contributed by atoms with Crippen LogP contribution >= 0.6 is 0 Å². The van der Waals surface area contributed by atoms with E-state index in [1.54, 1.807) is 0 Å². The Labute approximate surface area is 113 Å². The molecule has 7 heteroatoms. The number of hydrogen-bond acceptors (Lipinski definition) is 4. The smallest absolute Gasteiger partial charge is 0.416 e. The first-order valence-electron chi connectivity index (χ1n) is 6.13. The topological polar surface area (TPSA) is 61.6 Å². The second-order valence-electron chi connectivity index (χ2n) is 4.53. The number of alkyl halides is 3. The summed E-state index contributed by atoms with van der Waals surface area (Å²) in [6.45, 7) is 0.627. The minimum Gasteiger partial charge on any atom is -0.459 e. The molecule has 4 nitrogen and oxygen atoms in total. The molecule has 1 aromatic carbocycles. The van der Waals surface area contributed by atoms with Crippen LogP contribution in [0, 0.1) is 0 Å². The Balaban J connectivity index is 2.08. The molecule has 0 amide bonds. The molecule has 1 aliphatic heterocycles. The number of nitrogens with two attached hydrogens (primary N) is 1. The van der Waals surface area contributed by atoms with E-state index in [-0.39, 0.29) is 24.0 Å². The van der Waals surface area contributed by atoms with Gasteiger partial charge in [0.1, 0.15) is 6.61 Å². The van der Waals surface area contributed by atoms with Crippen molar-refractivity contribution < 1.29 is 27.4 Å². The van der Waals surface area contributed by atoms with Gasteiger partial charge in [-0.25, -0.2) is 4.79 Å². The van der Waals surface area contributed by atoms with E-state index < -0.39 is 17.7 Å². The molecule has 0 radical (unpaired) electrons. The third kappa shape index (κ3) is 3.41. The largest absolute Gasteiger partial charge is 0.459 e. The van der Waals surface area contributed by atoms with Crippen molar-refractivity contribution in [2.75, 3.05) is 18.9 Å². The third-order valence-corrected chi connectivity index (χ3v) is 3.02. The summed E-state index contributed by atoms with van der Waals surface area (Å²) in [6, 6.07) is 2.57. The molecule has 2 N–H and O–H groups in total. The summed E-state index contributed by atoms with van der Waals surface area (Å²) in [5.41, 5.74) is 4.26. The Morgan fingerprint density at radius 1 is 1.45 bits per heavy atom. The van der Waals surface area contributed by atoms with Crippen LogP contribution in [0.15, 0.2) is 18.2 Å². The quantitative estimate of drug-likeness (QED) is 0.686. The number of esters is 1. The van der Waals surface area contributed by atoms with E-state index in [1.807, 2.05) is 0 Å². The van der Waals surface area contributed by atoms with Crippen molar-refractivity contribution in [2.24, 2.45) is 0 Å². The lowest BCUT2D eigenvalue weighted by atomic mass is 10.1. The molecule has 0 aromatic heterocycles. The van der Waals surface area contributed by atoms with Crippen molar-refractivity contribution in [3.05, 3.63) is 29.3 Å². The van der Waals surface area contributed by atoms with Gasteiger partial charge in [0.25, 0.3) is 0 Å². The first kappa shape index (κ1) is 14.6. The van der Waals surface area contributed by atoms with Crippen LogP contribution in [0.2, 0.25) is 0 Å². The lowest BCUT2D eigenvalue weighted by Gasteiger charge is -2.13. The van der Waals surface area contributed by atoms with Crippen LogP contribution in [-0.4, -0.2) is 25.3 Å². The van der Waals surface area contributed by atoms with E-state index in [4.69, 9.17) is 15.2 Å². The summed E-state index contributed by atoms with van der Waals surface area (Å²) in [5.74, 6) is -0.871. The van der Waals surface area contributed by atoms with Crippen LogP contribution in [0.4, 0.5) is 18.9 Å². The zero-order valence-corrected chi connectivity index (χ0v) is 10.6. The van der Waals surface area contributed by atoms with Gasteiger partial charge in [0.05, 0.1) is 17.2 Å².